The quantitative estimate of drug-likeness (QED) is 0.772. The summed E-state index contributed by atoms with van der Waals surface area (Å²) in [7, 11) is 1.95. The fourth-order valence-corrected chi connectivity index (χ4v) is 3.13. The fourth-order valence-electron chi connectivity index (χ4n) is 2.67. The molecule has 122 valence electrons. The second-order valence-corrected chi connectivity index (χ2v) is 6.42. The van der Waals surface area contributed by atoms with Gasteiger partial charge in [-0.05, 0) is 50.6 Å². The van der Waals surface area contributed by atoms with Crippen LogP contribution in [-0.2, 0) is 4.79 Å². The Morgan fingerprint density at radius 2 is 2.27 bits per heavy atom. The van der Waals surface area contributed by atoms with Gasteiger partial charge in [0.05, 0.1) is 11.6 Å². The van der Waals surface area contributed by atoms with Crippen LogP contribution < -0.4 is 10.1 Å². The number of carbonyl (C=O) groups excluding carboxylic acids is 1. The molecule has 6 heteroatoms. The molecule has 1 aliphatic rings. The number of nitrogens with one attached hydrogen (secondary N) is 1. The van der Waals surface area contributed by atoms with E-state index in [1.807, 2.05) is 11.9 Å². The molecule has 1 aromatic rings. The molecule has 22 heavy (non-hydrogen) atoms. The Balaban J connectivity index is 1.67. The summed E-state index contributed by atoms with van der Waals surface area (Å²) in [6.07, 6.45) is 2.28. The van der Waals surface area contributed by atoms with Gasteiger partial charge in [0.15, 0.2) is 0 Å². The monoisotopic (exact) mass is 344 g/mol. The molecule has 1 aromatic carbocycles. The summed E-state index contributed by atoms with van der Waals surface area (Å²) in [6.45, 7) is 3.18. The predicted molar refractivity (Wildman–Crippen MR) is 89.8 cm³/mol. The highest BCUT2D eigenvalue weighted by Crippen LogP contribution is 2.27. The second kappa shape index (κ2) is 8.61. The first-order valence-corrected chi connectivity index (χ1v) is 8.36. The van der Waals surface area contributed by atoms with E-state index < -0.39 is 0 Å². The van der Waals surface area contributed by atoms with Gasteiger partial charge >= 0.3 is 0 Å². The van der Waals surface area contributed by atoms with Gasteiger partial charge in [-0.3, -0.25) is 4.79 Å². The van der Waals surface area contributed by atoms with E-state index in [2.05, 4.69) is 5.32 Å². The number of ether oxygens (including phenoxy) is 1. The number of halogens is 2. The Labute approximate surface area is 141 Å². The molecule has 1 saturated heterocycles. The van der Waals surface area contributed by atoms with Gasteiger partial charge in [0, 0.05) is 24.5 Å². The zero-order valence-electron chi connectivity index (χ0n) is 12.8. The summed E-state index contributed by atoms with van der Waals surface area (Å²) >= 11 is 11.9. The summed E-state index contributed by atoms with van der Waals surface area (Å²) in [6, 6.07) is 5.13. The first-order valence-electron chi connectivity index (χ1n) is 7.60. The van der Waals surface area contributed by atoms with Gasteiger partial charge in [-0.15, -0.1) is 0 Å². The summed E-state index contributed by atoms with van der Waals surface area (Å²) < 4.78 is 5.59. The molecule has 0 radical (unpaired) electrons. The zero-order chi connectivity index (χ0) is 15.9. The highest BCUT2D eigenvalue weighted by atomic mass is 35.5. The van der Waals surface area contributed by atoms with Crippen LogP contribution in [0.2, 0.25) is 10.0 Å². The van der Waals surface area contributed by atoms with Gasteiger partial charge in [-0.25, -0.2) is 0 Å². The third-order valence-electron chi connectivity index (χ3n) is 3.82. The third kappa shape index (κ3) is 5.04. The number of likely N-dealkylation sites (tertiary alicyclic amines) is 1. The van der Waals surface area contributed by atoms with Crippen molar-refractivity contribution in [3.63, 3.8) is 0 Å². The van der Waals surface area contributed by atoms with E-state index in [0.29, 0.717) is 41.2 Å². The van der Waals surface area contributed by atoms with E-state index in [0.717, 1.165) is 26.1 Å². The van der Waals surface area contributed by atoms with Crippen molar-refractivity contribution >= 4 is 29.1 Å². The van der Waals surface area contributed by atoms with Gasteiger partial charge in [0.1, 0.15) is 5.75 Å². The maximum atomic E-state index is 12.1. The van der Waals surface area contributed by atoms with Gasteiger partial charge in [0.2, 0.25) is 5.91 Å². The van der Waals surface area contributed by atoms with Crippen LogP contribution in [0.25, 0.3) is 0 Å². The van der Waals surface area contributed by atoms with Crippen molar-refractivity contribution in [3.05, 3.63) is 28.2 Å². The molecule has 1 amide bonds. The molecular formula is C16H22Cl2N2O2. The third-order valence-corrected chi connectivity index (χ3v) is 4.35. The van der Waals surface area contributed by atoms with E-state index in [1.54, 1.807) is 18.2 Å². The SMILES string of the molecule is CNC[C@@H]1CCN(C(=O)CCCOc2ccc(Cl)cc2Cl)C1. The molecule has 1 fully saturated rings. The Bertz CT molecular complexity index is 511. The van der Waals surface area contributed by atoms with Crippen LogP contribution in [0, 0.1) is 5.92 Å². The Morgan fingerprint density at radius 1 is 1.45 bits per heavy atom. The molecule has 0 spiro atoms. The molecule has 1 atom stereocenters. The average molecular weight is 345 g/mol. The first-order chi connectivity index (χ1) is 10.6. The van der Waals surface area contributed by atoms with Crippen molar-refractivity contribution in [2.45, 2.75) is 19.3 Å². The lowest BCUT2D eigenvalue weighted by Gasteiger charge is -2.16. The number of rotatable bonds is 7. The number of amides is 1. The lowest BCUT2D eigenvalue weighted by atomic mass is 10.1. The van der Waals surface area contributed by atoms with Gasteiger partial charge in [0.25, 0.3) is 0 Å². The normalized spacial score (nSPS) is 17.8. The van der Waals surface area contributed by atoms with Crippen LogP contribution in [0.3, 0.4) is 0 Å². The lowest BCUT2D eigenvalue weighted by molar-refractivity contribution is -0.130. The summed E-state index contributed by atoms with van der Waals surface area (Å²) in [5.74, 6) is 1.40. The summed E-state index contributed by atoms with van der Waals surface area (Å²) in [5.41, 5.74) is 0. The van der Waals surface area contributed by atoms with Crippen LogP contribution in [0.1, 0.15) is 19.3 Å². The molecule has 1 aliphatic heterocycles. The van der Waals surface area contributed by atoms with E-state index in [9.17, 15) is 4.79 Å². The van der Waals surface area contributed by atoms with Crippen molar-refractivity contribution in [2.75, 3.05) is 33.3 Å². The standard InChI is InChI=1S/C16H22Cl2N2O2/c1-19-10-12-6-7-20(11-12)16(21)3-2-8-22-15-5-4-13(17)9-14(15)18/h4-5,9,12,19H,2-3,6-8,10-11H2,1H3/t12-/m0/s1. The van der Waals surface area contributed by atoms with Crippen molar-refractivity contribution in [2.24, 2.45) is 5.92 Å². The van der Waals surface area contributed by atoms with Crippen LogP contribution in [-0.4, -0.2) is 44.1 Å². The van der Waals surface area contributed by atoms with Crippen molar-refractivity contribution in [1.29, 1.82) is 0 Å². The van der Waals surface area contributed by atoms with E-state index in [1.165, 1.54) is 0 Å². The zero-order valence-corrected chi connectivity index (χ0v) is 14.3. The number of hydrogen-bond donors (Lipinski definition) is 1. The predicted octanol–water partition coefficient (Wildman–Crippen LogP) is 3.22. The second-order valence-electron chi connectivity index (χ2n) is 5.58. The van der Waals surface area contributed by atoms with Crippen LogP contribution >= 0.6 is 23.2 Å². The van der Waals surface area contributed by atoms with Crippen LogP contribution in [0.5, 0.6) is 5.75 Å². The topological polar surface area (TPSA) is 41.6 Å². The Hall–Kier alpha value is -0.970. The molecular weight excluding hydrogens is 323 g/mol. The lowest BCUT2D eigenvalue weighted by Crippen LogP contribution is -2.30. The smallest absolute Gasteiger partial charge is 0.222 e. The highest BCUT2D eigenvalue weighted by molar-refractivity contribution is 6.35. The Kier molecular flexibility index (Phi) is 6.80. The molecule has 0 aliphatic carbocycles. The summed E-state index contributed by atoms with van der Waals surface area (Å²) in [4.78, 5) is 14.1. The Morgan fingerprint density at radius 3 is 3.00 bits per heavy atom. The minimum Gasteiger partial charge on any atom is -0.492 e. The number of hydrogen-bond acceptors (Lipinski definition) is 3. The average Bonchev–Trinajstić information content (AvgIpc) is 2.94. The molecule has 1 N–H and O–H groups in total. The molecule has 0 bridgehead atoms. The van der Waals surface area contributed by atoms with E-state index in [-0.39, 0.29) is 5.91 Å². The van der Waals surface area contributed by atoms with Crippen molar-refractivity contribution < 1.29 is 9.53 Å². The van der Waals surface area contributed by atoms with Crippen LogP contribution in [0.4, 0.5) is 0 Å². The number of benzene rings is 1. The minimum atomic E-state index is 0.212. The maximum absolute atomic E-state index is 12.1. The van der Waals surface area contributed by atoms with Crippen molar-refractivity contribution in [1.82, 2.24) is 10.2 Å². The number of nitrogens with zero attached hydrogens (tertiary/aromatic N) is 1. The van der Waals surface area contributed by atoms with Gasteiger partial charge in [-0.1, -0.05) is 23.2 Å². The fraction of sp³-hybridized carbons (Fsp3) is 0.562. The molecule has 2 rings (SSSR count). The molecule has 4 nitrogen and oxygen atoms in total. The van der Waals surface area contributed by atoms with Crippen LogP contribution in [0.15, 0.2) is 18.2 Å². The van der Waals surface area contributed by atoms with E-state index in [4.69, 9.17) is 27.9 Å². The van der Waals surface area contributed by atoms with Gasteiger partial charge < -0.3 is 15.0 Å². The van der Waals surface area contributed by atoms with Crippen molar-refractivity contribution in [3.8, 4) is 5.75 Å². The molecule has 1 heterocycles. The minimum absolute atomic E-state index is 0.212. The highest BCUT2D eigenvalue weighted by Gasteiger charge is 2.25. The molecule has 0 saturated carbocycles. The number of carbonyl (C=O) groups is 1. The van der Waals surface area contributed by atoms with Gasteiger partial charge in [-0.2, -0.15) is 0 Å². The largest absolute Gasteiger partial charge is 0.492 e. The maximum Gasteiger partial charge on any atom is 0.222 e. The summed E-state index contributed by atoms with van der Waals surface area (Å²) in [5, 5.41) is 4.24. The molecule has 0 unspecified atom stereocenters. The molecule has 0 aromatic heterocycles. The first kappa shape index (κ1) is 17.4. The van der Waals surface area contributed by atoms with E-state index >= 15 is 0 Å².